The van der Waals surface area contributed by atoms with Crippen LogP contribution in [0, 0.1) is 0 Å². The van der Waals surface area contributed by atoms with E-state index in [2.05, 4.69) is 4.72 Å². The van der Waals surface area contributed by atoms with Crippen molar-refractivity contribution in [3.63, 3.8) is 0 Å². The van der Waals surface area contributed by atoms with E-state index < -0.39 is 25.9 Å². The number of nitrogens with one attached hydrogen (secondary N) is 1. The summed E-state index contributed by atoms with van der Waals surface area (Å²) in [6.45, 7) is 1.35. The molecular formula is C13H17NO5S2. The molecule has 1 aromatic carbocycles. The fraction of sp³-hybridized carbons (Fsp3) is 0.462. The number of hydrogen-bond donors (Lipinski definition) is 1. The van der Waals surface area contributed by atoms with Crippen LogP contribution in [-0.2, 0) is 19.9 Å². The van der Waals surface area contributed by atoms with Crippen LogP contribution in [0.25, 0.3) is 0 Å². The van der Waals surface area contributed by atoms with Crippen LogP contribution in [0.2, 0.25) is 0 Å². The van der Waals surface area contributed by atoms with E-state index in [1.54, 1.807) is 0 Å². The summed E-state index contributed by atoms with van der Waals surface area (Å²) in [5.41, 5.74) is 0.300. The standard InChI is InChI=1S/C13H17NO5S2/c1-10(15)11-4-2-6-13(8-11)21(18,19)14-12-5-3-7-20(16,17)9-12/h2,4,6,8,12,14H,3,5,7,9H2,1H3. The molecule has 1 unspecified atom stereocenters. The molecule has 116 valence electrons. The Morgan fingerprint density at radius 2 is 2.05 bits per heavy atom. The zero-order chi connectivity index (χ0) is 15.7. The number of sulfonamides is 1. The minimum Gasteiger partial charge on any atom is -0.295 e. The van der Waals surface area contributed by atoms with Gasteiger partial charge in [0.05, 0.1) is 16.4 Å². The van der Waals surface area contributed by atoms with Crippen molar-refractivity contribution < 1.29 is 21.6 Å². The molecule has 1 atom stereocenters. The average molecular weight is 331 g/mol. The summed E-state index contributed by atoms with van der Waals surface area (Å²) >= 11 is 0. The monoisotopic (exact) mass is 331 g/mol. The molecule has 1 aromatic rings. The predicted octanol–water partition coefficient (Wildman–Crippen LogP) is 0.745. The number of benzene rings is 1. The minimum atomic E-state index is -3.83. The van der Waals surface area contributed by atoms with Crippen LogP contribution < -0.4 is 4.72 Å². The van der Waals surface area contributed by atoms with Crippen LogP contribution in [0.3, 0.4) is 0 Å². The van der Waals surface area contributed by atoms with Crippen molar-refractivity contribution in [2.75, 3.05) is 11.5 Å². The second kappa shape index (κ2) is 5.86. The van der Waals surface area contributed by atoms with Gasteiger partial charge in [0.2, 0.25) is 10.0 Å². The fourth-order valence-electron chi connectivity index (χ4n) is 2.29. The minimum absolute atomic E-state index is 0.0295. The van der Waals surface area contributed by atoms with Crippen molar-refractivity contribution in [3.8, 4) is 0 Å². The number of carbonyl (C=O) groups excluding carboxylic acids is 1. The average Bonchev–Trinajstić information content (AvgIpc) is 2.37. The molecule has 0 aromatic heterocycles. The summed E-state index contributed by atoms with van der Waals surface area (Å²) < 4.78 is 50.0. The summed E-state index contributed by atoms with van der Waals surface area (Å²) in [6.07, 6.45) is 0.938. The molecule has 6 nitrogen and oxygen atoms in total. The summed E-state index contributed by atoms with van der Waals surface area (Å²) in [5, 5.41) is 0. The van der Waals surface area contributed by atoms with E-state index in [9.17, 15) is 21.6 Å². The molecule has 0 radical (unpaired) electrons. The Morgan fingerprint density at radius 3 is 2.67 bits per heavy atom. The van der Waals surface area contributed by atoms with Crippen molar-refractivity contribution in [3.05, 3.63) is 29.8 Å². The van der Waals surface area contributed by atoms with Crippen LogP contribution in [0.5, 0.6) is 0 Å². The molecule has 1 aliphatic rings. The summed E-state index contributed by atoms with van der Waals surface area (Å²) in [7, 11) is -7.02. The van der Waals surface area contributed by atoms with E-state index in [1.165, 1.54) is 31.2 Å². The molecule has 8 heteroatoms. The lowest BCUT2D eigenvalue weighted by Gasteiger charge is -2.22. The van der Waals surface area contributed by atoms with Crippen molar-refractivity contribution in [1.82, 2.24) is 4.72 Å². The van der Waals surface area contributed by atoms with Crippen LogP contribution in [0.1, 0.15) is 30.1 Å². The fourth-order valence-corrected chi connectivity index (χ4v) is 5.34. The van der Waals surface area contributed by atoms with Gasteiger partial charge in [-0.2, -0.15) is 0 Å². The lowest BCUT2D eigenvalue weighted by Crippen LogP contribution is -2.43. The topological polar surface area (TPSA) is 97.4 Å². The first-order chi connectivity index (χ1) is 9.70. The number of hydrogen-bond acceptors (Lipinski definition) is 5. The molecule has 1 aliphatic heterocycles. The first-order valence-corrected chi connectivity index (χ1v) is 9.84. The molecule has 21 heavy (non-hydrogen) atoms. The molecule has 0 amide bonds. The Hall–Kier alpha value is -1.25. The Morgan fingerprint density at radius 1 is 1.33 bits per heavy atom. The predicted molar refractivity (Wildman–Crippen MR) is 78.4 cm³/mol. The van der Waals surface area contributed by atoms with E-state index >= 15 is 0 Å². The number of Topliss-reactive ketones (excluding diaryl/α,β-unsaturated/α-hetero) is 1. The molecule has 1 fully saturated rings. The Balaban J connectivity index is 2.22. The van der Waals surface area contributed by atoms with Crippen molar-refractivity contribution in [2.24, 2.45) is 0 Å². The molecule has 1 saturated heterocycles. The molecule has 1 N–H and O–H groups in total. The molecule has 2 rings (SSSR count). The maximum Gasteiger partial charge on any atom is 0.240 e. The van der Waals surface area contributed by atoms with E-state index in [1.807, 2.05) is 0 Å². The van der Waals surface area contributed by atoms with Crippen LogP contribution in [0.15, 0.2) is 29.2 Å². The van der Waals surface area contributed by atoms with Crippen molar-refractivity contribution >= 4 is 25.6 Å². The van der Waals surface area contributed by atoms with Gasteiger partial charge in [-0.05, 0) is 31.9 Å². The second-order valence-corrected chi connectivity index (χ2v) is 9.10. The van der Waals surface area contributed by atoms with Gasteiger partial charge >= 0.3 is 0 Å². The third-order valence-electron chi connectivity index (χ3n) is 3.34. The Bertz CT molecular complexity index is 753. The third-order valence-corrected chi connectivity index (χ3v) is 6.67. The molecule has 0 saturated carbocycles. The van der Waals surface area contributed by atoms with Gasteiger partial charge in [0, 0.05) is 11.6 Å². The normalized spacial score (nSPS) is 21.9. The van der Waals surface area contributed by atoms with Crippen molar-refractivity contribution in [2.45, 2.75) is 30.7 Å². The third kappa shape index (κ3) is 4.12. The highest BCUT2D eigenvalue weighted by atomic mass is 32.2. The smallest absolute Gasteiger partial charge is 0.240 e. The lowest BCUT2D eigenvalue weighted by molar-refractivity contribution is 0.101. The molecule has 1 heterocycles. The van der Waals surface area contributed by atoms with E-state index in [-0.39, 0.29) is 22.2 Å². The maximum absolute atomic E-state index is 12.3. The van der Waals surface area contributed by atoms with Gasteiger partial charge in [0.1, 0.15) is 0 Å². The SMILES string of the molecule is CC(=O)c1cccc(S(=O)(=O)NC2CCCS(=O)(=O)C2)c1. The van der Waals surface area contributed by atoms with Gasteiger partial charge in [-0.3, -0.25) is 4.79 Å². The highest BCUT2D eigenvalue weighted by molar-refractivity contribution is 7.91. The molecule has 0 aliphatic carbocycles. The first-order valence-electron chi connectivity index (χ1n) is 6.53. The van der Waals surface area contributed by atoms with Gasteiger partial charge in [-0.1, -0.05) is 12.1 Å². The largest absolute Gasteiger partial charge is 0.295 e. The quantitative estimate of drug-likeness (QED) is 0.821. The second-order valence-electron chi connectivity index (χ2n) is 5.16. The van der Waals surface area contributed by atoms with Crippen LogP contribution >= 0.6 is 0 Å². The van der Waals surface area contributed by atoms with Gasteiger partial charge in [0.25, 0.3) is 0 Å². The van der Waals surface area contributed by atoms with Gasteiger partial charge in [-0.15, -0.1) is 0 Å². The van der Waals surface area contributed by atoms with Crippen LogP contribution in [0.4, 0.5) is 0 Å². The zero-order valence-corrected chi connectivity index (χ0v) is 13.2. The van der Waals surface area contributed by atoms with E-state index in [0.717, 1.165) is 0 Å². The van der Waals surface area contributed by atoms with Gasteiger partial charge in [-0.25, -0.2) is 21.6 Å². The van der Waals surface area contributed by atoms with E-state index in [4.69, 9.17) is 0 Å². The molecule has 0 bridgehead atoms. The number of ketones is 1. The van der Waals surface area contributed by atoms with Gasteiger partial charge in [0.15, 0.2) is 15.6 Å². The highest BCUT2D eigenvalue weighted by Gasteiger charge is 2.28. The van der Waals surface area contributed by atoms with Crippen LogP contribution in [-0.4, -0.2) is 40.2 Å². The Kier molecular flexibility index (Phi) is 4.50. The zero-order valence-electron chi connectivity index (χ0n) is 11.6. The van der Waals surface area contributed by atoms with E-state index in [0.29, 0.717) is 18.4 Å². The maximum atomic E-state index is 12.3. The lowest BCUT2D eigenvalue weighted by atomic mass is 10.2. The van der Waals surface area contributed by atoms with Crippen molar-refractivity contribution in [1.29, 1.82) is 0 Å². The highest BCUT2D eigenvalue weighted by Crippen LogP contribution is 2.17. The summed E-state index contributed by atoms with van der Waals surface area (Å²) in [6, 6.07) is 5.08. The van der Waals surface area contributed by atoms with Gasteiger partial charge < -0.3 is 0 Å². The molecule has 0 spiro atoms. The first kappa shape index (κ1) is 16.1. The summed E-state index contributed by atoms with van der Waals surface area (Å²) in [5.74, 6) is -0.309. The summed E-state index contributed by atoms with van der Waals surface area (Å²) in [4.78, 5) is 11.3. The number of carbonyl (C=O) groups is 1. The number of rotatable bonds is 4. The number of sulfone groups is 1. The Labute approximate surface area is 124 Å². The molecular weight excluding hydrogens is 314 g/mol.